The molecule has 0 radical (unpaired) electrons. The molecular weight excluding hydrogens is 277 g/mol. The Hall–Kier alpha value is -1.04. The van der Waals surface area contributed by atoms with Crippen LogP contribution in [0.25, 0.3) is 0 Å². The van der Waals surface area contributed by atoms with Gasteiger partial charge in [-0.25, -0.2) is 13.2 Å². The van der Waals surface area contributed by atoms with Crippen molar-refractivity contribution < 1.29 is 23.1 Å². The maximum Gasteiger partial charge on any atom is 0.303 e. The Morgan fingerprint density at radius 1 is 1.33 bits per heavy atom. The monoisotopic (exact) mass is 282 g/mol. The molecular formula is C9H6BrF3O2. The van der Waals surface area contributed by atoms with E-state index in [9.17, 15) is 18.0 Å². The number of carbonyl (C=O) groups is 1. The molecule has 1 aromatic carbocycles. The van der Waals surface area contributed by atoms with E-state index in [1.165, 1.54) is 0 Å². The Balaban J connectivity index is 3.04. The van der Waals surface area contributed by atoms with E-state index in [0.29, 0.717) is 0 Å². The number of hydrogen-bond donors (Lipinski definition) is 1. The average Bonchev–Trinajstić information content (AvgIpc) is 2.18. The Morgan fingerprint density at radius 3 is 2.47 bits per heavy atom. The molecule has 0 unspecified atom stereocenters. The molecule has 1 rings (SSSR count). The van der Waals surface area contributed by atoms with Gasteiger partial charge in [-0.05, 0) is 34.0 Å². The molecule has 0 aliphatic carbocycles. The summed E-state index contributed by atoms with van der Waals surface area (Å²) in [5.41, 5.74) is -0.282. The second kappa shape index (κ2) is 4.65. The quantitative estimate of drug-likeness (QED) is 0.684. The number of carboxylic acid groups (broad SMARTS) is 1. The van der Waals surface area contributed by atoms with E-state index in [1.807, 2.05) is 0 Å². The van der Waals surface area contributed by atoms with Gasteiger partial charge < -0.3 is 5.11 Å². The number of halogens is 4. The molecule has 0 atom stereocenters. The van der Waals surface area contributed by atoms with Crippen molar-refractivity contribution in [2.24, 2.45) is 0 Å². The lowest BCUT2D eigenvalue weighted by Crippen LogP contribution is -2.03. The van der Waals surface area contributed by atoms with Crippen molar-refractivity contribution in [3.63, 3.8) is 0 Å². The minimum atomic E-state index is -1.34. The lowest BCUT2D eigenvalue weighted by atomic mass is 10.1. The highest BCUT2D eigenvalue weighted by Crippen LogP contribution is 2.25. The summed E-state index contributed by atoms with van der Waals surface area (Å²) in [5, 5.41) is 8.34. The van der Waals surface area contributed by atoms with Gasteiger partial charge in [0.15, 0.2) is 11.6 Å². The zero-order valence-corrected chi connectivity index (χ0v) is 8.94. The van der Waals surface area contributed by atoms with Crippen LogP contribution in [0, 0.1) is 17.5 Å². The largest absolute Gasteiger partial charge is 0.481 e. The Morgan fingerprint density at radius 2 is 1.93 bits per heavy atom. The topological polar surface area (TPSA) is 37.3 Å². The summed E-state index contributed by atoms with van der Waals surface area (Å²) in [5.74, 6) is -4.66. The molecule has 2 nitrogen and oxygen atoms in total. The van der Waals surface area contributed by atoms with Crippen LogP contribution in [-0.2, 0) is 11.2 Å². The fourth-order valence-corrected chi connectivity index (χ4v) is 1.33. The van der Waals surface area contributed by atoms with Crippen LogP contribution in [0.5, 0.6) is 0 Å². The van der Waals surface area contributed by atoms with Gasteiger partial charge >= 0.3 is 5.97 Å². The molecule has 0 aliphatic heterocycles. The van der Waals surface area contributed by atoms with Gasteiger partial charge in [-0.3, -0.25) is 4.79 Å². The van der Waals surface area contributed by atoms with Crippen LogP contribution in [0.4, 0.5) is 13.2 Å². The minimum absolute atomic E-state index is 0.248. The van der Waals surface area contributed by atoms with Gasteiger partial charge in [-0.2, -0.15) is 0 Å². The molecule has 0 saturated carbocycles. The SMILES string of the molecule is O=C(O)CCc1cc(F)c(Br)c(F)c1F. The predicted octanol–water partition coefficient (Wildman–Crippen LogP) is 2.88. The Bertz CT molecular complexity index is 407. The highest BCUT2D eigenvalue weighted by atomic mass is 79.9. The van der Waals surface area contributed by atoms with Gasteiger partial charge in [-0.15, -0.1) is 0 Å². The van der Waals surface area contributed by atoms with Crippen LogP contribution >= 0.6 is 15.9 Å². The summed E-state index contributed by atoms with van der Waals surface area (Å²) in [4.78, 5) is 10.2. The number of aryl methyl sites for hydroxylation is 1. The highest BCUT2D eigenvalue weighted by Gasteiger charge is 2.17. The molecule has 15 heavy (non-hydrogen) atoms. The summed E-state index contributed by atoms with van der Waals surface area (Å²) >= 11 is 2.54. The van der Waals surface area contributed by atoms with Gasteiger partial charge in [0.1, 0.15) is 5.82 Å². The van der Waals surface area contributed by atoms with Crippen LogP contribution in [0.3, 0.4) is 0 Å². The molecule has 0 saturated heterocycles. The van der Waals surface area contributed by atoms with Crippen molar-refractivity contribution in [3.8, 4) is 0 Å². The van der Waals surface area contributed by atoms with Crippen molar-refractivity contribution in [1.29, 1.82) is 0 Å². The molecule has 0 fully saturated rings. The van der Waals surface area contributed by atoms with Crippen LogP contribution in [0.15, 0.2) is 10.5 Å². The smallest absolute Gasteiger partial charge is 0.303 e. The van der Waals surface area contributed by atoms with Gasteiger partial charge in [0.2, 0.25) is 0 Å². The second-order valence-corrected chi connectivity index (χ2v) is 3.65. The van der Waals surface area contributed by atoms with Crippen molar-refractivity contribution in [1.82, 2.24) is 0 Å². The molecule has 6 heteroatoms. The van der Waals surface area contributed by atoms with E-state index in [0.717, 1.165) is 6.07 Å². The summed E-state index contributed by atoms with van der Waals surface area (Å²) in [6, 6.07) is 0.783. The minimum Gasteiger partial charge on any atom is -0.481 e. The summed E-state index contributed by atoms with van der Waals surface area (Å²) in [6.07, 6.45) is -0.625. The maximum absolute atomic E-state index is 13.1. The molecule has 1 aromatic rings. The van der Waals surface area contributed by atoms with E-state index in [4.69, 9.17) is 5.11 Å². The summed E-state index contributed by atoms with van der Waals surface area (Å²) < 4.78 is 38.5. The average molecular weight is 283 g/mol. The molecule has 0 aromatic heterocycles. The van der Waals surface area contributed by atoms with E-state index < -0.39 is 27.9 Å². The maximum atomic E-state index is 13.1. The zero-order chi connectivity index (χ0) is 11.6. The van der Waals surface area contributed by atoms with Crippen molar-refractivity contribution in [3.05, 3.63) is 33.6 Å². The molecule has 0 heterocycles. The van der Waals surface area contributed by atoms with E-state index in [-0.39, 0.29) is 18.4 Å². The van der Waals surface area contributed by atoms with Crippen LogP contribution in [0.2, 0.25) is 0 Å². The molecule has 82 valence electrons. The van der Waals surface area contributed by atoms with Crippen LogP contribution < -0.4 is 0 Å². The van der Waals surface area contributed by atoms with Gasteiger partial charge in [0.25, 0.3) is 0 Å². The van der Waals surface area contributed by atoms with Crippen LogP contribution in [-0.4, -0.2) is 11.1 Å². The number of benzene rings is 1. The fraction of sp³-hybridized carbons (Fsp3) is 0.222. The zero-order valence-electron chi connectivity index (χ0n) is 7.36. The lowest BCUT2D eigenvalue weighted by Gasteiger charge is -2.05. The third-order valence-electron chi connectivity index (χ3n) is 1.79. The molecule has 0 aliphatic rings. The highest BCUT2D eigenvalue weighted by molar-refractivity contribution is 9.10. The number of aliphatic carboxylic acids is 1. The number of rotatable bonds is 3. The predicted molar refractivity (Wildman–Crippen MR) is 50.0 cm³/mol. The second-order valence-electron chi connectivity index (χ2n) is 2.85. The van der Waals surface area contributed by atoms with Crippen molar-refractivity contribution >= 4 is 21.9 Å². The summed E-state index contributed by atoms with van der Waals surface area (Å²) in [6.45, 7) is 0. The van der Waals surface area contributed by atoms with Crippen LogP contribution in [0.1, 0.15) is 12.0 Å². The van der Waals surface area contributed by atoms with Crippen molar-refractivity contribution in [2.45, 2.75) is 12.8 Å². The first-order valence-electron chi connectivity index (χ1n) is 3.97. The summed E-state index contributed by atoms with van der Waals surface area (Å²) in [7, 11) is 0. The standard InChI is InChI=1S/C9H6BrF3O2/c10-7-5(11)3-4(1-2-6(14)15)8(12)9(7)13/h3H,1-2H2,(H,14,15). The van der Waals surface area contributed by atoms with E-state index in [2.05, 4.69) is 15.9 Å². The van der Waals surface area contributed by atoms with E-state index >= 15 is 0 Å². The normalized spacial score (nSPS) is 10.4. The van der Waals surface area contributed by atoms with E-state index in [1.54, 1.807) is 0 Å². The molecule has 0 bridgehead atoms. The first-order valence-corrected chi connectivity index (χ1v) is 4.76. The first kappa shape index (κ1) is 12.0. The fourth-order valence-electron chi connectivity index (χ4n) is 1.05. The Kier molecular flexibility index (Phi) is 3.73. The number of hydrogen-bond acceptors (Lipinski definition) is 1. The van der Waals surface area contributed by atoms with Gasteiger partial charge in [0, 0.05) is 6.42 Å². The first-order chi connectivity index (χ1) is 6.93. The third-order valence-corrected chi connectivity index (χ3v) is 2.51. The number of carboxylic acids is 1. The van der Waals surface area contributed by atoms with Gasteiger partial charge in [0.05, 0.1) is 4.47 Å². The lowest BCUT2D eigenvalue weighted by molar-refractivity contribution is -0.136. The molecule has 0 amide bonds. The van der Waals surface area contributed by atoms with Gasteiger partial charge in [-0.1, -0.05) is 0 Å². The molecule has 0 spiro atoms. The molecule has 1 N–H and O–H groups in total. The third kappa shape index (κ3) is 2.71. The van der Waals surface area contributed by atoms with Crippen molar-refractivity contribution in [2.75, 3.05) is 0 Å². The Labute approximate surface area is 91.8 Å².